The van der Waals surface area contributed by atoms with Crippen molar-refractivity contribution in [3.63, 3.8) is 0 Å². The number of ether oxygens (including phenoxy) is 1. The molecular weight excluding hydrogens is 547 g/mol. The van der Waals surface area contributed by atoms with Crippen LogP contribution in [0.3, 0.4) is 0 Å². The van der Waals surface area contributed by atoms with Crippen molar-refractivity contribution < 1.29 is 37.7 Å². The first-order valence-corrected chi connectivity index (χ1v) is 12.3. The Bertz CT molecular complexity index is 1560. The largest absolute Gasteiger partial charge is 0.478 e. The van der Waals surface area contributed by atoms with Gasteiger partial charge < -0.3 is 14.9 Å². The number of aliphatic hydroxyl groups is 1. The molecule has 0 radical (unpaired) electrons. The number of pyridine rings is 1. The standard InChI is InChI=1S/C30H23ClF3NO5/c1-17(24-12-11-22(15-25(24)31)18-3-9-21(10-4-18)28(38)40-2)29(39,30(32,33)34)23-13-14-35-26(16-23)19-5-7-20(8-6-19)27(36)37/h3-17,39H,1-2H3,(H,36,37). The van der Waals surface area contributed by atoms with Gasteiger partial charge >= 0.3 is 18.1 Å². The van der Waals surface area contributed by atoms with Gasteiger partial charge in [0.1, 0.15) is 0 Å². The van der Waals surface area contributed by atoms with E-state index in [1.807, 2.05) is 0 Å². The van der Waals surface area contributed by atoms with Gasteiger partial charge in [0.05, 0.1) is 23.9 Å². The Balaban J connectivity index is 1.71. The lowest BCUT2D eigenvalue weighted by atomic mass is 9.77. The second-order valence-corrected chi connectivity index (χ2v) is 9.51. The number of carboxylic acid groups (broad SMARTS) is 1. The number of hydrogen-bond acceptors (Lipinski definition) is 5. The van der Waals surface area contributed by atoms with E-state index in [9.17, 15) is 27.9 Å². The van der Waals surface area contributed by atoms with Crippen molar-refractivity contribution >= 4 is 23.5 Å². The second kappa shape index (κ2) is 11.1. The van der Waals surface area contributed by atoms with Gasteiger partial charge in [-0.15, -0.1) is 0 Å². The van der Waals surface area contributed by atoms with Gasteiger partial charge in [0.15, 0.2) is 5.60 Å². The van der Waals surface area contributed by atoms with Crippen LogP contribution in [0.4, 0.5) is 13.2 Å². The minimum absolute atomic E-state index is 0.0119. The minimum Gasteiger partial charge on any atom is -0.478 e. The number of rotatable bonds is 7. The Hall–Kier alpha value is -4.21. The molecule has 2 unspecified atom stereocenters. The van der Waals surface area contributed by atoms with Crippen LogP contribution in [0.25, 0.3) is 22.4 Å². The van der Waals surface area contributed by atoms with Crippen molar-refractivity contribution in [3.8, 4) is 22.4 Å². The Labute approximate surface area is 232 Å². The van der Waals surface area contributed by atoms with Crippen molar-refractivity contribution in [1.82, 2.24) is 4.98 Å². The number of carbonyl (C=O) groups excluding carboxylic acids is 1. The molecule has 6 nitrogen and oxygen atoms in total. The number of aromatic carboxylic acids is 1. The fraction of sp³-hybridized carbons (Fsp3) is 0.167. The lowest BCUT2D eigenvalue weighted by molar-refractivity contribution is -0.274. The summed E-state index contributed by atoms with van der Waals surface area (Å²) in [5, 5.41) is 20.4. The molecule has 0 amide bonds. The van der Waals surface area contributed by atoms with Crippen LogP contribution in [-0.4, -0.2) is 40.4 Å². The van der Waals surface area contributed by atoms with Crippen LogP contribution < -0.4 is 0 Å². The van der Waals surface area contributed by atoms with E-state index in [4.69, 9.17) is 16.7 Å². The molecule has 1 aromatic heterocycles. The molecule has 0 saturated carbocycles. The Kier molecular flexibility index (Phi) is 8.00. The van der Waals surface area contributed by atoms with E-state index >= 15 is 0 Å². The molecule has 0 bridgehead atoms. The summed E-state index contributed by atoms with van der Waals surface area (Å²) in [6.07, 6.45) is -3.94. The van der Waals surface area contributed by atoms with E-state index in [1.165, 1.54) is 50.4 Å². The molecule has 0 fully saturated rings. The highest BCUT2D eigenvalue weighted by atomic mass is 35.5. The maximum absolute atomic E-state index is 14.6. The summed E-state index contributed by atoms with van der Waals surface area (Å²) in [4.78, 5) is 26.9. The molecule has 4 rings (SSSR count). The Morgan fingerprint density at radius 1 is 0.875 bits per heavy atom. The highest BCUT2D eigenvalue weighted by Gasteiger charge is 2.59. The van der Waals surface area contributed by atoms with Crippen molar-refractivity contribution in [2.45, 2.75) is 24.6 Å². The van der Waals surface area contributed by atoms with Crippen molar-refractivity contribution in [2.24, 2.45) is 0 Å². The number of carboxylic acids is 1. The Morgan fingerprint density at radius 3 is 2.00 bits per heavy atom. The molecule has 2 atom stereocenters. The summed E-state index contributed by atoms with van der Waals surface area (Å²) in [5.74, 6) is -3.17. The van der Waals surface area contributed by atoms with E-state index in [-0.39, 0.29) is 21.8 Å². The lowest BCUT2D eigenvalue weighted by Crippen LogP contribution is -2.46. The first kappa shape index (κ1) is 28.8. The average molecular weight is 570 g/mol. The van der Waals surface area contributed by atoms with Crippen LogP contribution >= 0.6 is 11.6 Å². The molecular formula is C30H23ClF3NO5. The zero-order valence-corrected chi connectivity index (χ0v) is 22.0. The number of alkyl halides is 3. The molecule has 3 aromatic carbocycles. The third-order valence-corrected chi connectivity index (χ3v) is 7.12. The maximum atomic E-state index is 14.6. The van der Waals surface area contributed by atoms with Gasteiger partial charge in [-0.1, -0.05) is 54.9 Å². The van der Waals surface area contributed by atoms with Crippen molar-refractivity contribution in [3.05, 3.63) is 112 Å². The van der Waals surface area contributed by atoms with Crippen LogP contribution in [0, 0.1) is 0 Å². The quantitative estimate of drug-likeness (QED) is 0.230. The number of hydrogen-bond donors (Lipinski definition) is 2. The van der Waals surface area contributed by atoms with Gasteiger partial charge in [-0.3, -0.25) is 4.98 Å². The number of methoxy groups -OCH3 is 1. The molecule has 10 heteroatoms. The third-order valence-electron chi connectivity index (χ3n) is 6.79. The van der Waals surface area contributed by atoms with Crippen molar-refractivity contribution in [1.29, 1.82) is 0 Å². The predicted octanol–water partition coefficient (Wildman–Crippen LogP) is 7.11. The summed E-state index contributed by atoms with van der Waals surface area (Å²) >= 11 is 6.48. The first-order chi connectivity index (χ1) is 18.9. The normalized spacial score (nSPS) is 13.8. The van der Waals surface area contributed by atoms with Gasteiger partial charge in [-0.2, -0.15) is 13.2 Å². The molecule has 4 aromatic rings. The van der Waals surface area contributed by atoms with Crippen LogP contribution in [-0.2, 0) is 10.3 Å². The van der Waals surface area contributed by atoms with E-state index in [0.29, 0.717) is 22.3 Å². The van der Waals surface area contributed by atoms with E-state index in [0.717, 1.165) is 18.3 Å². The number of halogens is 4. The van der Waals surface area contributed by atoms with Gasteiger partial charge in [-0.25, -0.2) is 9.59 Å². The van der Waals surface area contributed by atoms with Gasteiger partial charge in [0, 0.05) is 22.7 Å². The molecule has 2 N–H and O–H groups in total. The minimum atomic E-state index is -5.09. The zero-order chi connectivity index (χ0) is 29.2. The first-order valence-electron chi connectivity index (χ1n) is 11.9. The van der Waals surface area contributed by atoms with Crippen LogP contribution in [0.5, 0.6) is 0 Å². The fourth-order valence-electron chi connectivity index (χ4n) is 4.47. The molecule has 206 valence electrons. The van der Waals surface area contributed by atoms with E-state index in [2.05, 4.69) is 9.72 Å². The molecule has 0 aliphatic carbocycles. The molecule has 1 heterocycles. The van der Waals surface area contributed by atoms with Gasteiger partial charge in [0.2, 0.25) is 0 Å². The number of aromatic nitrogens is 1. The van der Waals surface area contributed by atoms with E-state index < -0.39 is 35.2 Å². The maximum Gasteiger partial charge on any atom is 0.422 e. The summed E-state index contributed by atoms with van der Waals surface area (Å²) in [5.41, 5.74) is -1.58. The number of esters is 1. The lowest BCUT2D eigenvalue weighted by Gasteiger charge is -2.37. The number of nitrogens with zero attached hydrogens (tertiary/aromatic N) is 1. The highest BCUT2D eigenvalue weighted by molar-refractivity contribution is 6.31. The smallest absolute Gasteiger partial charge is 0.422 e. The average Bonchev–Trinajstić information content (AvgIpc) is 2.95. The molecule has 0 aliphatic rings. The predicted molar refractivity (Wildman–Crippen MR) is 143 cm³/mol. The topological polar surface area (TPSA) is 96.7 Å². The summed E-state index contributed by atoms with van der Waals surface area (Å²) < 4.78 is 48.5. The summed E-state index contributed by atoms with van der Waals surface area (Å²) in [7, 11) is 1.27. The molecule has 0 saturated heterocycles. The van der Waals surface area contributed by atoms with Crippen molar-refractivity contribution in [2.75, 3.05) is 7.11 Å². The van der Waals surface area contributed by atoms with Crippen LogP contribution in [0.2, 0.25) is 5.02 Å². The zero-order valence-electron chi connectivity index (χ0n) is 21.2. The number of benzene rings is 3. The monoisotopic (exact) mass is 569 g/mol. The Morgan fingerprint density at radius 2 is 1.45 bits per heavy atom. The van der Waals surface area contributed by atoms with Gasteiger partial charge in [0.25, 0.3) is 0 Å². The summed E-state index contributed by atoms with van der Waals surface area (Å²) in [6.45, 7) is 1.24. The highest BCUT2D eigenvalue weighted by Crippen LogP contribution is 2.50. The van der Waals surface area contributed by atoms with Crippen LogP contribution in [0.1, 0.15) is 44.7 Å². The fourth-order valence-corrected chi connectivity index (χ4v) is 4.81. The van der Waals surface area contributed by atoms with Crippen LogP contribution in [0.15, 0.2) is 85.1 Å². The second-order valence-electron chi connectivity index (χ2n) is 9.10. The molecule has 0 aliphatic heterocycles. The SMILES string of the molecule is COC(=O)c1ccc(-c2ccc(C(C)C(O)(c3ccnc(-c4ccc(C(=O)O)cc4)c3)C(F)(F)F)c(Cl)c2)cc1. The number of carbonyl (C=O) groups is 2. The van der Waals surface area contributed by atoms with Gasteiger partial charge in [-0.05, 0) is 64.7 Å². The third kappa shape index (κ3) is 5.43. The molecule has 0 spiro atoms. The summed E-state index contributed by atoms with van der Waals surface area (Å²) in [6, 6.07) is 18.7. The molecule has 40 heavy (non-hydrogen) atoms. The van der Waals surface area contributed by atoms with E-state index in [1.54, 1.807) is 30.3 Å².